The van der Waals surface area contributed by atoms with Gasteiger partial charge in [0.2, 0.25) is 6.41 Å². The molecule has 1 atom stereocenters. The van der Waals surface area contributed by atoms with E-state index in [1.165, 1.54) is 0 Å². The summed E-state index contributed by atoms with van der Waals surface area (Å²) in [5.74, 6) is 0. The van der Waals surface area contributed by atoms with E-state index in [4.69, 9.17) is 11.6 Å². The number of nitrogens with zero attached hydrogens (tertiary/aromatic N) is 3. The molecule has 1 aliphatic heterocycles. The Morgan fingerprint density at radius 3 is 2.56 bits per heavy atom. The van der Waals surface area contributed by atoms with Crippen molar-refractivity contribution in [3.8, 4) is 6.07 Å². The molecule has 0 bridgehead atoms. The van der Waals surface area contributed by atoms with Crippen molar-refractivity contribution in [3.63, 3.8) is 0 Å². The van der Waals surface area contributed by atoms with Crippen LogP contribution in [0.2, 0.25) is 5.02 Å². The Kier molecular flexibility index (Phi) is 5.88. The maximum absolute atomic E-state index is 10.9. The fraction of sp³-hybridized carbons (Fsp3) is 0.333. The lowest BCUT2D eigenvalue weighted by Gasteiger charge is -2.34. The van der Waals surface area contributed by atoms with Crippen molar-refractivity contribution < 1.29 is 4.79 Å². The normalized spacial score (nSPS) is 15.2. The zero-order valence-corrected chi connectivity index (χ0v) is 16.3. The molecule has 0 saturated carbocycles. The predicted molar refractivity (Wildman–Crippen MR) is 109 cm³/mol. The first-order valence-corrected chi connectivity index (χ1v) is 9.40. The SMILES string of the molecule is Cc1ccc([C@@H](C)Nc2cc(N3CCN(C=O)CC3)ccc2C#N)c(Cl)c1. The summed E-state index contributed by atoms with van der Waals surface area (Å²) in [6.07, 6.45) is 0.899. The number of halogens is 1. The number of anilines is 2. The Morgan fingerprint density at radius 2 is 1.93 bits per heavy atom. The van der Waals surface area contributed by atoms with Crippen LogP contribution in [0.25, 0.3) is 0 Å². The van der Waals surface area contributed by atoms with E-state index in [0.717, 1.165) is 47.0 Å². The third-order valence-electron chi connectivity index (χ3n) is 4.95. The van der Waals surface area contributed by atoms with Crippen molar-refractivity contribution in [3.05, 3.63) is 58.1 Å². The van der Waals surface area contributed by atoms with Gasteiger partial charge in [0.15, 0.2) is 0 Å². The zero-order chi connectivity index (χ0) is 19.4. The molecule has 1 fully saturated rings. The largest absolute Gasteiger partial charge is 0.377 e. The van der Waals surface area contributed by atoms with E-state index in [0.29, 0.717) is 18.7 Å². The summed E-state index contributed by atoms with van der Waals surface area (Å²) in [7, 11) is 0. The van der Waals surface area contributed by atoms with Crippen LogP contribution in [-0.4, -0.2) is 37.5 Å². The molecule has 2 aromatic carbocycles. The minimum atomic E-state index is -0.0349. The molecule has 1 saturated heterocycles. The number of hydrogen-bond acceptors (Lipinski definition) is 4. The van der Waals surface area contributed by atoms with E-state index < -0.39 is 0 Å². The van der Waals surface area contributed by atoms with Crippen LogP contribution in [-0.2, 0) is 4.79 Å². The Balaban J connectivity index is 1.82. The van der Waals surface area contributed by atoms with E-state index in [2.05, 4.69) is 16.3 Å². The number of piperazine rings is 1. The minimum absolute atomic E-state index is 0.0349. The second-order valence-electron chi connectivity index (χ2n) is 6.86. The molecule has 1 heterocycles. The summed E-state index contributed by atoms with van der Waals surface area (Å²) in [5.41, 5.74) is 4.54. The second-order valence-corrected chi connectivity index (χ2v) is 7.27. The van der Waals surface area contributed by atoms with Gasteiger partial charge in [-0.25, -0.2) is 0 Å². The average molecular weight is 383 g/mol. The van der Waals surface area contributed by atoms with Crippen molar-refractivity contribution in [2.75, 3.05) is 36.4 Å². The highest BCUT2D eigenvalue weighted by Crippen LogP contribution is 2.30. The molecular formula is C21H23ClN4O. The molecule has 140 valence electrons. The van der Waals surface area contributed by atoms with Crippen LogP contribution >= 0.6 is 11.6 Å². The van der Waals surface area contributed by atoms with Crippen LogP contribution in [0.3, 0.4) is 0 Å². The van der Waals surface area contributed by atoms with Gasteiger partial charge in [0, 0.05) is 36.9 Å². The van der Waals surface area contributed by atoms with Crippen LogP contribution < -0.4 is 10.2 Å². The van der Waals surface area contributed by atoms with Crippen molar-refractivity contribution in [1.82, 2.24) is 4.90 Å². The van der Waals surface area contributed by atoms with Crippen molar-refractivity contribution in [1.29, 1.82) is 5.26 Å². The molecule has 1 N–H and O–H groups in total. The summed E-state index contributed by atoms with van der Waals surface area (Å²) < 4.78 is 0. The number of rotatable bonds is 5. The minimum Gasteiger partial charge on any atom is -0.377 e. The first kappa shape index (κ1) is 19.1. The van der Waals surface area contributed by atoms with Crippen molar-refractivity contribution >= 4 is 29.4 Å². The predicted octanol–water partition coefficient (Wildman–Crippen LogP) is 3.97. The van der Waals surface area contributed by atoms with E-state index in [9.17, 15) is 10.1 Å². The molecular weight excluding hydrogens is 360 g/mol. The maximum Gasteiger partial charge on any atom is 0.209 e. The van der Waals surface area contributed by atoms with Gasteiger partial charge in [-0.15, -0.1) is 0 Å². The topological polar surface area (TPSA) is 59.4 Å². The lowest BCUT2D eigenvalue weighted by Crippen LogP contribution is -2.45. The van der Waals surface area contributed by atoms with Gasteiger partial charge in [-0.2, -0.15) is 5.26 Å². The fourth-order valence-electron chi connectivity index (χ4n) is 3.33. The Labute approximate surface area is 165 Å². The van der Waals surface area contributed by atoms with Gasteiger partial charge in [-0.05, 0) is 49.2 Å². The highest BCUT2D eigenvalue weighted by atomic mass is 35.5. The van der Waals surface area contributed by atoms with Gasteiger partial charge in [0.25, 0.3) is 0 Å². The number of aryl methyl sites for hydroxylation is 1. The number of nitrogens with one attached hydrogen (secondary N) is 1. The highest BCUT2D eigenvalue weighted by Gasteiger charge is 2.18. The Hall–Kier alpha value is -2.71. The number of amides is 1. The van der Waals surface area contributed by atoms with Gasteiger partial charge >= 0.3 is 0 Å². The van der Waals surface area contributed by atoms with Crippen LogP contribution in [0.5, 0.6) is 0 Å². The fourth-order valence-corrected chi connectivity index (χ4v) is 3.72. The van der Waals surface area contributed by atoms with Crippen molar-refractivity contribution in [2.24, 2.45) is 0 Å². The van der Waals surface area contributed by atoms with E-state index in [1.807, 2.05) is 50.2 Å². The molecule has 0 aromatic heterocycles. The van der Waals surface area contributed by atoms with Crippen LogP contribution in [0.4, 0.5) is 11.4 Å². The van der Waals surface area contributed by atoms with Crippen LogP contribution in [0.15, 0.2) is 36.4 Å². The summed E-state index contributed by atoms with van der Waals surface area (Å²) in [6, 6.07) is 14.0. The summed E-state index contributed by atoms with van der Waals surface area (Å²) >= 11 is 6.40. The van der Waals surface area contributed by atoms with Crippen LogP contribution in [0, 0.1) is 18.3 Å². The molecule has 0 spiro atoms. The van der Waals surface area contributed by atoms with Crippen molar-refractivity contribution in [2.45, 2.75) is 19.9 Å². The molecule has 1 aliphatic rings. The smallest absolute Gasteiger partial charge is 0.209 e. The molecule has 3 rings (SSSR count). The van der Waals surface area contributed by atoms with Gasteiger partial charge < -0.3 is 15.1 Å². The second kappa shape index (κ2) is 8.32. The van der Waals surface area contributed by atoms with E-state index in [1.54, 1.807) is 4.90 Å². The highest BCUT2D eigenvalue weighted by molar-refractivity contribution is 6.31. The molecule has 6 heteroatoms. The van der Waals surface area contributed by atoms with Crippen LogP contribution in [0.1, 0.15) is 29.7 Å². The Bertz CT molecular complexity index is 869. The number of nitriles is 1. The molecule has 27 heavy (non-hydrogen) atoms. The standard InChI is InChI=1S/C21H23ClN4O/c1-15-3-6-19(20(22)11-15)16(2)24-21-12-18(5-4-17(21)13-23)26-9-7-25(14-27)8-10-26/h3-6,11-12,14,16,24H,7-10H2,1-2H3/t16-/m1/s1. The number of carbonyl (C=O) groups is 1. The monoisotopic (exact) mass is 382 g/mol. The number of benzene rings is 2. The third-order valence-corrected chi connectivity index (χ3v) is 5.27. The van der Waals surface area contributed by atoms with E-state index in [-0.39, 0.29) is 6.04 Å². The third kappa shape index (κ3) is 4.35. The molecule has 2 aromatic rings. The van der Waals surface area contributed by atoms with Gasteiger partial charge in [-0.1, -0.05) is 23.7 Å². The van der Waals surface area contributed by atoms with Gasteiger partial charge in [0.1, 0.15) is 6.07 Å². The number of carbonyl (C=O) groups excluding carboxylic acids is 1. The summed E-state index contributed by atoms with van der Waals surface area (Å²) in [4.78, 5) is 14.9. The van der Waals surface area contributed by atoms with E-state index >= 15 is 0 Å². The first-order valence-electron chi connectivity index (χ1n) is 9.03. The molecule has 0 radical (unpaired) electrons. The molecule has 0 unspecified atom stereocenters. The Morgan fingerprint density at radius 1 is 1.19 bits per heavy atom. The molecule has 0 aliphatic carbocycles. The molecule has 1 amide bonds. The first-order chi connectivity index (χ1) is 13.0. The average Bonchev–Trinajstić information content (AvgIpc) is 2.68. The quantitative estimate of drug-likeness (QED) is 0.795. The van der Waals surface area contributed by atoms with Gasteiger partial charge in [0.05, 0.1) is 17.3 Å². The lowest BCUT2D eigenvalue weighted by molar-refractivity contribution is -0.118. The lowest BCUT2D eigenvalue weighted by atomic mass is 10.0. The zero-order valence-electron chi connectivity index (χ0n) is 15.6. The number of hydrogen-bond donors (Lipinski definition) is 1. The van der Waals surface area contributed by atoms with Gasteiger partial charge in [-0.3, -0.25) is 4.79 Å². The molecule has 5 nitrogen and oxygen atoms in total. The summed E-state index contributed by atoms with van der Waals surface area (Å²) in [6.45, 7) is 7.03. The summed E-state index contributed by atoms with van der Waals surface area (Å²) in [5, 5.41) is 13.6. The maximum atomic E-state index is 10.9.